The monoisotopic (exact) mass is 433 g/mol. The summed E-state index contributed by atoms with van der Waals surface area (Å²) in [6.45, 7) is 2.31. The topological polar surface area (TPSA) is 84.7 Å². The average Bonchev–Trinajstić information content (AvgIpc) is 3.42. The fraction of sp³-hybridized carbons (Fsp3) is 0.350. The number of aryl methyl sites for hydroxylation is 1. The number of nitrogens with zero attached hydrogens (tertiary/aromatic N) is 2. The van der Waals surface area contributed by atoms with E-state index in [1.807, 2.05) is 12.2 Å². The Morgan fingerprint density at radius 2 is 2.21 bits per heavy atom. The number of anilines is 1. The SMILES string of the molecule is Cc1cc(N2CC34C=CC(O3)C(C(=O)NCc3ccc(Cl)cc3Cl)C4C2=O)no1. The Balaban J connectivity index is 1.36. The Labute approximate surface area is 176 Å². The van der Waals surface area contributed by atoms with Crippen molar-refractivity contribution in [1.29, 1.82) is 0 Å². The molecule has 3 aliphatic heterocycles. The number of carbonyl (C=O) groups is 2. The van der Waals surface area contributed by atoms with Crippen molar-refractivity contribution >= 4 is 40.8 Å². The second kappa shape index (κ2) is 6.58. The van der Waals surface area contributed by atoms with E-state index in [0.717, 1.165) is 5.56 Å². The quantitative estimate of drug-likeness (QED) is 0.749. The molecular formula is C20H17Cl2N3O4. The lowest BCUT2D eigenvalue weighted by molar-refractivity contribution is -0.132. The first-order valence-electron chi connectivity index (χ1n) is 9.21. The summed E-state index contributed by atoms with van der Waals surface area (Å²) in [5, 5.41) is 7.83. The van der Waals surface area contributed by atoms with Crippen LogP contribution in [0.2, 0.25) is 10.0 Å². The molecule has 1 spiro atoms. The van der Waals surface area contributed by atoms with Crippen molar-refractivity contribution in [3.63, 3.8) is 0 Å². The highest BCUT2D eigenvalue weighted by atomic mass is 35.5. The van der Waals surface area contributed by atoms with E-state index in [9.17, 15) is 9.59 Å². The number of benzene rings is 1. The van der Waals surface area contributed by atoms with Crippen molar-refractivity contribution in [3.8, 4) is 0 Å². The molecule has 4 atom stereocenters. The maximum absolute atomic E-state index is 13.2. The summed E-state index contributed by atoms with van der Waals surface area (Å²) in [5.74, 6) is -0.605. The zero-order valence-electron chi connectivity index (χ0n) is 15.4. The van der Waals surface area contributed by atoms with Gasteiger partial charge in [-0.05, 0) is 24.6 Å². The Kier molecular flexibility index (Phi) is 4.24. The second-order valence-electron chi connectivity index (χ2n) is 7.57. The van der Waals surface area contributed by atoms with Gasteiger partial charge in [0.25, 0.3) is 0 Å². The summed E-state index contributed by atoms with van der Waals surface area (Å²) >= 11 is 12.1. The van der Waals surface area contributed by atoms with Crippen LogP contribution in [0.25, 0.3) is 0 Å². The number of hydrogen-bond acceptors (Lipinski definition) is 5. The molecule has 4 unspecified atom stereocenters. The number of carbonyl (C=O) groups excluding carboxylic acids is 2. The Morgan fingerprint density at radius 1 is 1.38 bits per heavy atom. The minimum absolute atomic E-state index is 0.185. The Morgan fingerprint density at radius 3 is 2.93 bits per heavy atom. The van der Waals surface area contributed by atoms with Crippen molar-refractivity contribution in [2.24, 2.45) is 11.8 Å². The number of ether oxygens (including phenoxy) is 1. The molecule has 0 aliphatic carbocycles. The number of fused-ring (bicyclic) bond motifs is 1. The molecule has 9 heteroatoms. The molecule has 4 heterocycles. The van der Waals surface area contributed by atoms with Crippen LogP contribution in [-0.2, 0) is 20.9 Å². The van der Waals surface area contributed by atoms with E-state index >= 15 is 0 Å². The van der Waals surface area contributed by atoms with Gasteiger partial charge in [-0.2, -0.15) is 0 Å². The molecule has 5 rings (SSSR count). The van der Waals surface area contributed by atoms with E-state index in [1.54, 1.807) is 31.2 Å². The van der Waals surface area contributed by atoms with E-state index in [1.165, 1.54) is 4.90 Å². The molecule has 2 fully saturated rings. The molecule has 29 heavy (non-hydrogen) atoms. The minimum atomic E-state index is -0.811. The molecule has 7 nitrogen and oxygen atoms in total. The molecule has 2 bridgehead atoms. The van der Waals surface area contributed by atoms with Crippen LogP contribution in [0.4, 0.5) is 5.82 Å². The highest BCUT2D eigenvalue weighted by molar-refractivity contribution is 6.35. The van der Waals surface area contributed by atoms with E-state index in [2.05, 4.69) is 10.5 Å². The first-order valence-corrected chi connectivity index (χ1v) is 9.97. The molecule has 2 saturated heterocycles. The summed E-state index contributed by atoms with van der Waals surface area (Å²) in [6, 6.07) is 6.80. The zero-order chi connectivity index (χ0) is 20.3. The molecule has 2 amide bonds. The minimum Gasteiger partial charge on any atom is -0.360 e. The van der Waals surface area contributed by atoms with Crippen LogP contribution in [0.15, 0.2) is 40.9 Å². The van der Waals surface area contributed by atoms with Gasteiger partial charge in [-0.3, -0.25) is 14.5 Å². The highest BCUT2D eigenvalue weighted by Crippen LogP contribution is 2.52. The van der Waals surface area contributed by atoms with Crippen molar-refractivity contribution in [3.05, 3.63) is 57.8 Å². The lowest BCUT2D eigenvalue weighted by Gasteiger charge is -2.23. The largest absolute Gasteiger partial charge is 0.360 e. The number of amides is 2. The van der Waals surface area contributed by atoms with Crippen LogP contribution in [0.1, 0.15) is 11.3 Å². The van der Waals surface area contributed by atoms with E-state index in [-0.39, 0.29) is 18.4 Å². The maximum atomic E-state index is 13.2. The van der Waals surface area contributed by atoms with Gasteiger partial charge in [-0.25, -0.2) is 0 Å². The van der Waals surface area contributed by atoms with Gasteiger partial charge in [-0.15, -0.1) is 0 Å². The standard InChI is InChI=1S/C20H17Cl2N3O4/c1-10-6-15(24-29-10)25-9-20-5-4-14(28-20)16(17(20)19(25)27)18(26)23-8-11-2-3-12(21)7-13(11)22/h2-7,14,16-17H,8-9H2,1H3,(H,23,26). The van der Waals surface area contributed by atoms with Crippen molar-refractivity contribution in [1.82, 2.24) is 10.5 Å². The summed E-state index contributed by atoms with van der Waals surface area (Å²) in [7, 11) is 0. The van der Waals surface area contributed by atoms with Gasteiger partial charge in [0.1, 0.15) is 11.4 Å². The normalized spacial score (nSPS) is 29.6. The van der Waals surface area contributed by atoms with Gasteiger partial charge in [0.2, 0.25) is 11.8 Å². The fourth-order valence-electron chi connectivity index (χ4n) is 4.44. The molecule has 3 aliphatic rings. The predicted octanol–water partition coefficient (Wildman–Crippen LogP) is 2.89. The maximum Gasteiger partial charge on any atom is 0.235 e. The number of hydrogen-bond donors (Lipinski definition) is 1. The van der Waals surface area contributed by atoms with Crippen LogP contribution < -0.4 is 10.2 Å². The third-order valence-corrected chi connectivity index (χ3v) is 6.35. The first-order chi connectivity index (χ1) is 13.9. The van der Waals surface area contributed by atoms with Crippen molar-refractivity contribution in [2.75, 3.05) is 11.4 Å². The number of rotatable bonds is 4. The molecular weight excluding hydrogens is 417 g/mol. The number of halogens is 2. The van der Waals surface area contributed by atoms with Gasteiger partial charge in [0.05, 0.1) is 24.5 Å². The third kappa shape index (κ3) is 2.87. The first kappa shape index (κ1) is 18.7. The van der Waals surface area contributed by atoms with Crippen LogP contribution in [-0.4, -0.2) is 35.2 Å². The second-order valence-corrected chi connectivity index (χ2v) is 8.42. The van der Waals surface area contributed by atoms with E-state index < -0.39 is 23.5 Å². The Hall–Kier alpha value is -2.35. The van der Waals surface area contributed by atoms with Crippen LogP contribution in [0.3, 0.4) is 0 Å². The van der Waals surface area contributed by atoms with Crippen molar-refractivity contribution in [2.45, 2.75) is 25.2 Å². The zero-order valence-corrected chi connectivity index (χ0v) is 16.9. The third-order valence-electron chi connectivity index (χ3n) is 5.76. The van der Waals surface area contributed by atoms with Gasteiger partial charge in [0.15, 0.2) is 5.82 Å². The fourth-order valence-corrected chi connectivity index (χ4v) is 4.91. The van der Waals surface area contributed by atoms with Crippen LogP contribution >= 0.6 is 23.2 Å². The Bertz CT molecular complexity index is 1050. The summed E-state index contributed by atoms with van der Waals surface area (Å²) in [4.78, 5) is 27.7. The van der Waals surface area contributed by atoms with Crippen LogP contribution in [0, 0.1) is 18.8 Å². The van der Waals surface area contributed by atoms with Gasteiger partial charge in [-0.1, -0.05) is 46.6 Å². The molecule has 150 valence electrons. The number of aromatic nitrogens is 1. The van der Waals surface area contributed by atoms with E-state index in [0.29, 0.717) is 28.2 Å². The summed E-state index contributed by atoms with van der Waals surface area (Å²) in [6.07, 6.45) is 3.33. The van der Waals surface area contributed by atoms with Crippen LogP contribution in [0.5, 0.6) is 0 Å². The van der Waals surface area contributed by atoms with Gasteiger partial charge >= 0.3 is 0 Å². The molecule has 2 aromatic rings. The molecule has 1 aromatic heterocycles. The van der Waals surface area contributed by atoms with Gasteiger partial charge < -0.3 is 14.6 Å². The van der Waals surface area contributed by atoms with E-state index in [4.69, 9.17) is 32.5 Å². The average molecular weight is 434 g/mol. The van der Waals surface area contributed by atoms with Gasteiger partial charge in [0, 0.05) is 22.7 Å². The summed E-state index contributed by atoms with van der Waals surface area (Å²) in [5.41, 5.74) is -0.0645. The molecule has 1 N–H and O–H groups in total. The smallest absolute Gasteiger partial charge is 0.235 e. The molecule has 1 aromatic carbocycles. The summed E-state index contributed by atoms with van der Waals surface area (Å²) < 4.78 is 11.2. The predicted molar refractivity (Wildman–Crippen MR) is 106 cm³/mol. The molecule has 0 saturated carbocycles. The van der Waals surface area contributed by atoms with Crippen molar-refractivity contribution < 1.29 is 18.8 Å². The number of nitrogens with one attached hydrogen (secondary N) is 1. The lowest BCUT2D eigenvalue weighted by atomic mass is 9.77. The lowest BCUT2D eigenvalue weighted by Crippen LogP contribution is -2.44. The highest BCUT2D eigenvalue weighted by Gasteiger charge is 2.67. The molecule has 0 radical (unpaired) electrons.